The Bertz CT molecular complexity index is 859. The number of rotatable bonds is 9. The van der Waals surface area contributed by atoms with Gasteiger partial charge in [0.1, 0.15) is 0 Å². The minimum atomic E-state index is 0.427. The van der Waals surface area contributed by atoms with Gasteiger partial charge < -0.3 is 25.0 Å². The smallest absolute Gasteiger partial charge is 0.191 e. The summed E-state index contributed by atoms with van der Waals surface area (Å²) in [6.07, 6.45) is 4.79. The third kappa shape index (κ3) is 6.17. The molecule has 2 heterocycles. The van der Waals surface area contributed by atoms with Crippen LogP contribution in [0.2, 0.25) is 0 Å². The molecule has 1 aromatic carbocycles. The Balaban J connectivity index is 1.65. The van der Waals surface area contributed by atoms with Crippen LogP contribution in [0.15, 0.2) is 47.3 Å². The monoisotopic (exact) mass is 442 g/mol. The fourth-order valence-electron chi connectivity index (χ4n) is 3.88. The fraction of sp³-hybridized carbons (Fsp3) is 0.458. The second-order valence-electron chi connectivity index (χ2n) is 7.54. The summed E-state index contributed by atoms with van der Waals surface area (Å²) >= 11 is 1.81. The van der Waals surface area contributed by atoms with Gasteiger partial charge in [-0.2, -0.15) is 0 Å². The van der Waals surface area contributed by atoms with Gasteiger partial charge in [-0.15, -0.1) is 17.9 Å². The van der Waals surface area contributed by atoms with Gasteiger partial charge in [0.15, 0.2) is 17.5 Å². The number of thiophene rings is 1. The molecule has 0 radical (unpaired) electrons. The van der Waals surface area contributed by atoms with Gasteiger partial charge in [-0.3, -0.25) is 0 Å². The molecule has 1 saturated heterocycles. The molecule has 2 aromatic rings. The Morgan fingerprint density at radius 2 is 2.10 bits per heavy atom. The molecular weight excluding hydrogens is 408 g/mol. The Kier molecular flexibility index (Phi) is 8.64. The molecule has 1 aliphatic heterocycles. The molecule has 7 heteroatoms. The minimum Gasteiger partial charge on any atom is -0.493 e. The fourth-order valence-corrected chi connectivity index (χ4v) is 4.67. The van der Waals surface area contributed by atoms with Crippen molar-refractivity contribution in [1.82, 2.24) is 10.6 Å². The van der Waals surface area contributed by atoms with Crippen molar-refractivity contribution in [2.45, 2.75) is 38.8 Å². The second kappa shape index (κ2) is 11.6. The average molecular weight is 443 g/mol. The Morgan fingerprint density at radius 1 is 1.29 bits per heavy atom. The van der Waals surface area contributed by atoms with E-state index in [0.717, 1.165) is 67.5 Å². The first-order chi connectivity index (χ1) is 15.2. The zero-order chi connectivity index (χ0) is 22.1. The van der Waals surface area contributed by atoms with Gasteiger partial charge in [0, 0.05) is 31.2 Å². The number of allylic oxidation sites excluding steroid dienone is 1. The third-order valence-corrected chi connectivity index (χ3v) is 6.33. The summed E-state index contributed by atoms with van der Waals surface area (Å²) in [6, 6.07) is 8.87. The topological polar surface area (TPSA) is 58.1 Å². The highest BCUT2D eigenvalue weighted by atomic mass is 32.1. The number of anilines is 1. The highest BCUT2D eigenvalue weighted by Crippen LogP contribution is 2.33. The molecule has 0 spiro atoms. The lowest BCUT2D eigenvalue weighted by Gasteiger charge is -2.33. The number of benzene rings is 1. The second-order valence-corrected chi connectivity index (χ2v) is 8.46. The van der Waals surface area contributed by atoms with Gasteiger partial charge in [0.2, 0.25) is 0 Å². The summed E-state index contributed by atoms with van der Waals surface area (Å²) in [4.78, 5) is 7.31. The van der Waals surface area contributed by atoms with Crippen LogP contribution < -0.4 is 25.0 Å². The first-order valence-corrected chi connectivity index (χ1v) is 11.7. The summed E-state index contributed by atoms with van der Waals surface area (Å²) in [5.74, 6) is 2.35. The maximum Gasteiger partial charge on any atom is 0.191 e. The number of aliphatic imine (C=N–C) groups is 1. The standard InChI is InChI=1S/C24H34N4O2S/c1-5-8-19-15-18(16-21(29-3)23(19)30-4)17-26-24(25-6-2)27-20-10-12-28(13-11-20)22-9-7-14-31-22/h5,7,9,14-16,20H,1,6,8,10-13,17H2,2-4H3,(H2,25,26,27). The van der Waals surface area contributed by atoms with Crippen LogP contribution in [0.3, 0.4) is 0 Å². The molecule has 0 aliphatic carbocycles. The maximum absolute atomic E-state index is 5.54. The number of guanidine groups is 1. The molecule has 3 rings (SSSR count). The number of hydrogen-bond acceptors (Lipinski definition) is 5. The molecule has 31 heavy (non-hydrogen) atoms. The van der Waals surface area contributed by atoms with Crippen LogP contribution in [0.5, 0.6) is 11.5 Å². The van der Waals surface area contributed by atoms with E-state index in [4.69, 9.17) is 14.5 Å². The van der Waals surface area contributed by atoms with Crippen LogP contribution in [0.25, 0.3) is 0 Å². The zero-order valence-electron chi connectivity index (χ0n) is 18.8. The quantitative estimate of drug-likeness (QED) is 0.346. The van der Waals surface area contributed by atoms with Crippen molar-refractivity contribution in [1.29, 1.82) is 0 Å². The number of nitrogens with one attached hydrogen (secondary N) is 2. The van der Waals surface area contributed by atoms with Gasteiger partial charge in [-0.1, -0.05) is 6.08 Å². The Morgan fingerprint density at radius 3 is 2.71 bits per heavy atom. The summed E-state index contributed by atoms with van der Waals surface area (Å²) in [7, 11) is 3.33. The molecule has 1 aromatic heterocycles. The summed E-state index contributed by atoms with van der Waals surface area (Å²) < 4.78 is 11.1. The van der Waals surface area contributed by atoms with E-state index >= 15 is 0 Å². The molecule has 1 fully saturated rings. The number of nitrogens with zero attached hydrogens (tertiary/aromatic N) is 2. The molecular formula is C24H34N4O2S. The summed E-state index contributed by atoms with van der Waals surface area (Å²) in [5.41, 5.74) is 2.14. The van der Waals surface area contributed by atoms with E-state index in [-0.39, 0.29) is 0 Å². The van der Waals surface area contributed by atoms with Crippen LogP contribution in [0.4, 0.5) is 5.00 Å². The van der Waals surface area contributed by atoms with Crippen LogP contribution in [0.1, 0.15) is 30.9 Å². The van der Waals surface area contributed by atoms with E-state index in [9.17, 15) is 0 Å². The lowest BCUT2D eigenvalue weighted by Crippen LogP contribution is -2.48. The van der Waals surface area contributed by atoms with Crippen molar-refractivity contribution in [3.05, 3.63) is 53.4 Å². The van der Waals surface area contributed by atoms with Crippen LogP contribution >= 0.6 is 11.3 Å². The summed E-state index contributed by atoms with van der Waals surface area (Å²) in [6.45, 7) is 9.47. The third-order valence-electron chi connectivity index (χ3n) is 5.40. The molecule has 1 aliphatic rings. The largest absolute Gasteiger partial charge is 0.493 e. The first-order valence-electron chi connectivity index (χ1n) is 10.9. The van der Waals surface area contributed by atoms with Crippen LogP contribution in [-0.2, 0) is 13.0 Å². The number of ether oxygens (including phenoxy) is 2. The van der Waals surface area contributed by atoms with E-state index in [1.807, 2.05) is 23.5 Å². The highest BCUT2D eigenvalue weighted by molar-refractivity contribution is 7.14. The average Bonchev–Trinajstić information content (AvgIpc) is 3.33. The van der Waals surface area contributed by atoms with Crippen molar-refractivity contribution in [3.8, 4) is 11.5 Å². The van der Waals surface area contributed by atoms with Crippen molar-refractivity contribution >= 4 is 22.3 Å². The van der Waals surface area contributed by atoms with Crippen molar-refractivity contribution < 1.29 is 9.47 Å². The SMILES string of the molecule is C=CCc1cc(CN=C(NCC)NC2CCN(c3cccs3)CC2)cc(OC)c1OC. The Labute approximate surface area is 190 Å². The predicted molar refractivity (Wildman–Crippen MR) is 131 cm³/mol. The van der Waals surface area contributed by atoms with Crippen molar-refractivity contribution in [2.75, 3.05) is 38.8 Å². The minimum absolute atomic E-state index is 0.427. The number of methoxy groups -OCH3 is 2. The number of hydrogen-bond donors (Lipinski definition) is 2. The van der Waals surface area contributed by atoms with E-state index in [1.54, 1.807) is 14.2 Å². The zero-order valence-corrected chi connectivity index (χ0v) is 19.6. The maximum atomic E-state index is 5.54. The van der Waals surface area contributed by atoms with Gasteiger partial charge in [0.05, 0.1) is 25.8 Å². The molecule has 0 saturated carbocycles. The molecule has 0 atom stereocenters. The van der Waals surface area contributed by atoms with E-state index in [1.165, 1.54) is 5.00 Å². The lowest BCUT2D eigenvalue weighted by atomic mass is 10.1. The van der Waals surface area contributed by atoms with Gasteiger partial charge >= 0.3 is 0 Å². The van der Waals surface area contributed by atoms with Gasteiger partial charge in [-0.25, -0.2) is 4.99 Å². The Hall–Kier alpha value is -2.67. The molecule has 6 nitrogen and oxygen atoms in total. The predicted octanol–water partition coefficient (Wildman–Crippen LogP) is 4.22. The lowest BCUT2D eigenvalue weighted by molar-refractivity contribution is 0.352. The molecule has 2 N–H and O–H groups in total. The highest BCUT2D eigenvalue weighted by Gasteiger charge is 2.20. The molecule has 0 bridgehead atoms. The van der Waals surface area contributed by atoms with Gasteiger partial charge in [-0.05, 0) is 61.4 Å². The van der Waals surface area contributed by atoms with Crippen molar-refractivity contribution in [3.63, 3.8) is 0 Å². The van der Waals surface area contributed by atoms with Crippen LogP contribution in [0, 0.1) is 0 Å². The van der Waals surface area contributed by atoms with Gasteiger partial charge in [0.25, 0.3) is 0 Å². The van der Waals surface area contributed by atoms with E-state index < -0.39 is 0 Å². The van der Waals surface area contributed by atoms with Crippen molar-refractivity contribution in [2.24, 2.45) is 4.99 Å². The molecule has 0 amide bonds. The van der Waals surface area contributed by atoms with E-state index in [0.29, 0.717) is 12.6 Å². The van der Waals surface area contributed by atoms with E-state index in [2.05, 4.69) is 52.6 Å². The first kappa shape index (κ1) is 23.0. The summed E-state index contributed by atoms with van der Waals surface area (Å²) in [5, 5.41) is 10.5. The normalized spacial score (nSPS) is 14.9. The molecule has 0 unspecified atom stereocenters. The van der Waals surface area contributed by atoms with Crippen LogP contribution in [-0.4, -0.2) is 45.9 Å². The molecule has 168 valence electrons. The number of piperidine rings is 1.